The molecular weight excluding hydrogens is 392 g/mol. The van der Waals surface area contributed by atoms with Crippen molar-refractivity contribution < 1.29 is 19.1 Å². The first-order valence-corrected chi connectivity index (χ1v) is 10.4. The number of aryl methyl sites for hydroxylation is 1. The van der Waals surface area contributed by atoms with Gasteiger partial charge in [-0.2, -0.15) is 0 Å². The van der Waals surface area contributed by atoms with Crippen molar-refractivity contribution in [3.8, 4) is 11.5 Å². The second-order valence-corrected chi connectivity index (χ2v) is 7.74. The molecule has 1 fully saturated rings. The van der Waals surface area contributed by atoms with E-state index in [0.717, 1.165) is 11.4 Å². The van der Waals surface area contributed by atoms with Crippen LogP contribution in [0.5, 0.6) is 11.5 Å². The standard InChI is InChI=1S/C25H26N2O4/c1-17-14-21(18(2)27(17)19-12-13-19)23(28)15-31-24-11-7-6-10-22(24)26-25(29)16-30-20-8-4-3-5-9-20/h3-11,14,19H,12-13,15-16H2,1-2H3,(H,26,29). The topological polar surface area (TPSA) is 69.6 Å². The van der Waals surface area contributed by atoms with Crippen molar-refractivity contribution in [1.29, 1.82) is 0 Å². The SMILES string of the molecule is Cc1cc(C(=O)COc2ccccc2NC(=O)COc2ccccc2)c(C)n1C1CC1. The van der Waals surface area contributed by atoms with Crippen molar-refractivity contribution in [1.82, 2.24) is 4.57 Å². The molecule has 1 amide bonds. The van der Waals surface area contributed by atoms with Crippen LogP contribution in [-0.4, -0.2) is 29.5 Å². The van der Waals surface area contributed by atoms with E-state index in [2.05, 4.69) is 9.88 Å². The van der Waals surface area contributed by atoms with Gasteiger partial charge in [0.05, 0.1) is 5.69 Å². The number of amides is 1. The minimum atomic E-state index is -0.306. The van der Waals surface area contributed by atoms with E-state index in [1.165, 1.54) is 12.8 Å². The molecule has 0 saturated heterocycles. The number of carbonyl (C=O) groups excluding carboxylic acids is 2. The third-order valence-electron chi connectivity index (χ3n) is 5.33. The number of nitrogens with one attached hydrogen (secondary N) is 1. The van der Waals surface area contributed by atoms with Gasteiger partial charge in [-0.25, -0.2) is 0 Å². The predicted octanol–water partition coefficient (Wildman–Crippen LogP) is 4.72. The van der Waals surface area contributed by atoms with E-state index in [1.54, 1.807) is 36.4 Å². The Hall–Kier alpha value is -3.54. The Morgan fingerprint density at radius 2 is 1.68 bits per heavy atom. The largest absolute Gasteiger partial charge is 0.484 e. The number of nitrogens with zero attached hydrogens (tertiary/aromatic N) is 1. The van der Waals surface area contributed by atoms with Crippen LogP contribution in [0.1, 0.15) is 40.6 Å². The third kappa shape index (κ3) is 4.97. The summed E-state index contributed by atoms with van der Waals surface area (Å²) in [5.74, 6) is 0.684. The van der Waals surface area contributed by atoms with Crippen LogP contribution in [-0.2, 0) is 4.79 Å². The first kappa shape index (κ1) is 20.7. The second-order valence-electron chi connectivity index (χ2n) is 7.74. The Morgan fingerprint density at radius 1 is 0.968 bits per heavy atom. The van der Waals surface area contributed by atoms with Gasteiger partial charge in [-0.05, 0) is 57.0 Å². The van der Waals surface area contributed by atoms with Crippen LogP contribution in [0, 0.1) is 13.8 Å². The molecule has 1 aromatic heterocycles. The van der Waals surface area contributed by atoms with Crippen LogP contribution in [0.15, 0.2) is 60.7 Å². The number of ether oxygens (including phenoxy) is 2. The normalized spacial score (nSPS) is 13.0. The lowest BCUT2D eigenvalue weighted by molar-refractivity contribution is -0.118. The molecule has 4 rings (SSSR count). The van der Waals surface area contributed by atoms with Gasteiger partial charge in [-0.3, -0.25) is 9.59 Å². The van der Waals surface area contributed by atoms with Crippen LogP contribution < -0.4 is 14.8 Å². The molecule has 0 spiro atoms. The highest BCUT2D eigenvalue weighted by molar-refractivity contribution is 5.99. The van der Waals surface area contributed by atoms with Crippen molar-refractivity contribution in [2.24, 2.45) is 0 Å². The Balaban J connectivity index is 1.37. The maximum atomic E-state index is 12.8. The number of para-hydroxylation sites is 3. The molecule has 3 aromatic rings. The minimum Gasteiger partial charge on any atom is -0.484 e. The Labute approximate surface area is 181 Å². The van der Waals surface area contributed by atoms with E-state index in [1.807, 2.05) is 38.1 Å². The van der Waals surface area contributed by atoms with Crippen LogP contribution >= 0.6 is 0 Å². The molecule has 0 aliphatic heterocycles. The molecular formula is C25H26N2O4. The van der Waals surface area contributed by atoms with Crippen LogP contribution in [0.4, 0.5) is 5.69 Å². The molecule has 1 aliphatic carbocycles. The van der Waals surface area contributed by atoms with Gasteiger partial charge in [0.1, 0.15) is 11.5 Å². The zero-order valence-electron chi connectivity index (χ0n) is 17.8. The van der Waals surface area contributed by atoms with Crippen LogP contribution in [0.3, 0.4) is 0 Å². The Bertz CT molecular complexity index is 1080. The van der Waals surface area contributed by atoms with E-state index in [-0.39, 0.29) is 24.9 Å². The number of Topliss-reactive ketones (excluding diaryl/α,β-unsaturated/α-hetero) is 1. The fraction of sp³-hybridized carbons (Fsp3) is 0.280. The van der Waals surface area contributed by atoms with E-state index in [0.29, 0.717) is 28.8 Å². The first-order chi connectivity index (χ1) is 15.0. The highest BCUT2D eigenvalue weighted by Gasteiger charge is 2.28. The maximum Gasteiger partial charge on any atom is 0.262 e. The zero-order valence-corrected chi connectivity index (χ0v) is 17.8. The summed E-state index contributed by atoms with van der Waals surface area (Å²) >= 11 is 0. The average molecular weight is 418 g/mol. The molecule has 160 valence electrons. The summed E-state index contributed by atoms with van der Waals surface area (Å²) in [6.07, 6.45) is 2.34. The number of aromatic nitrogens is 1. The van der Waals surface area contributed by atoms with Crippen LogP contribution in [0.25, 0.3) is 0 Å². The number of anilines is 1. The maximum absolute atomic E-state index is 12.8. The second kappa shape index (κ2) is 9.08. The molecule has 0 bridgehead atoms. The van der Waals surface area contributed by atoms with E-state index in [9.17, 15) is 9.59 Å². The average Bonchev–Trinajstić information content (AvgIpc) is 3.56. The number of hydrogen-bond donors (Lipinski definition) is 1. The van der Waals surface area contributed by atoms with Gasteiger partial charge in [0.25, 0.3) is 5.91 Å². The van der Waals surface area contributed by atoms with Crippen molar-refractivity contribution in [3.63, 3.8) is 0 Å². The summed E-state index contributed by atoms with van der Waals surface area (Å²) in [6, 6.07) is 18.7. The molecule has 0 radical (unpaired) electrons. The van der Waals surface area contributed by atoms with Gasteiger partial charge in [0.2, 0.25) is 5.78 Å². The molecule has 2 aromatic carbocycles. The summed E-state index contributed by atoms with van der Waals surface area (Å²) in [7, 11) is 0. The van der Waals surface area contributed by atoms with Gasteiger partial charge >= 0.3 is 0 Å². The highest BCUT2D eigenvalue weighted by Crippen LogP contribution is 2.38. The fourth-order valence-corrected chi connectivity index (χ4v) is 3.72. The molecule has 1 N–H and O–H groups in total. The molecule has 0 unspecified atom stereocenters. The van der Waals surface area contributed by atoms with Crippen molar-refractivity contribution in [2.75, 3.05) is 18.5 Å². The van der Waals surface area contributed by atoms with Gasteiger partial charge in [0.15, 0.2) is 13.2 Å². The highest BCUT2D eigenvalue weighted by atomic mass is 16.5. The molecule has 6 heteroatoms. The fourth-order valence-electron chi connectivity index (χ4n) is 3.72. The lowest BCUT2D eigenvalue weighted by Gasteiger charge is -2.13. The summed E-state index contributed by atoms with van der Waals surface area (Å²) in [4.78, 5) is 25.1. The number of ketones is 1. The van der Waals surface area contributed by atoms with E-state index >= 15 is 0 Å². The summed E-state index contributed by atoms with van der Waals surface area (Å²) in [6.45, 7) is 3.80. The number of benzene rings is 2. The summed E-state index contributed by atoms with van der Waals surface area (Å²) < 4.78 is 13.5. The first-order valence-electron chi connectivity index (χ1n) is 10.4. The predicted molar refractivity (Wildman–Crippen MR) is 119 cm³/mol. The van der Waals surface area contributed by atoms with Gasteiger partial charge < -0.3 is 19.4 Å². The number of rotatable bonds is 9. The van der Waals surface area contributed by atoms with Crippen molar-refractivity contribution in [3.05, 3.63) is 77.6 Å². The summed E-state index contributed by atoms with van der Waals surface area (Å²) in [5, 5.41) is 2.79. The zero-order chi connectivity index (χ0) is 21.8. The lowest BCUT2D eigenvalue weighted by Crippen LogP contribution is -2.21. The van der Waals surface area contributed by atoms with Crippen LogP contribution in [0.2, 0.25) is 0 Å². The molecule has 31 heavy (non-hydrogen) atoms. The lowest BCUT2D eigenvalue weighted by atomic mass is 10.1. The molecule has 1 heterocycles. The smallest absolute Gasteiger partial charge is 0.262 e. The quantitative estimate of drug-likeness (QED) is 0.511. The number of carbonyl (C=O) groups is 2. The molecule has 0 atom stereocenters. The Kier molecular flexibility index (Phi) is 6.07. The minimum absolute atomic E-state index is 0.0754. The number of hydrogen-bond acceptors (Lipinski definition) is 4. The monoisotopic (exact) mass is 418 g/mol. The van der Waals surface area contributed by atoms with Gasteiger partial charge in [-0.1, -0.05) is 30.3 Å². The van der Waals surface area contributed by atoms with E-state index in [4.69, 9.17) is 9.47 Å². The molecule has 1 aliphatic rings. The molecule has 6 nitrogen and oxygen atoms in total. The summed E-state index contributed by atoms with van der Waals surface area (Å²) in [5.41, 5.74) is 3.30. The van der Waals surface area contributed by atoms with E-state index < -0.39 is 0 Å². The Morgan fingerprint density at radius 3 is 2.42 bits per heavy atom. The van der Waals surface area contributed by atoms with Gasteiger partial charge in [-0.15, -0.1) is 0 Å². The van der Waals surface area contributed by atoms with Gasteiger partial charge in [0, 0.05) is 23.0 Å². The van der Waals surface area contributed by atoms with Crippen molar-refractivity contribution in [2.45, 2.75) is 32.7 Å². The van der Waals surface area contributed by atoms with Crippen molar-refractivity contribution >= 4 is 17.4 Å². The third-order valence-corrected chi connectivity index (χ3v) is 5.33. The molecule has 1 saturated carbocycles.